The second-order valence-corrected chi connectivity index (χ2v) is 1.83. The Hall–Kier alpha value is 0.680. The van der Waals surface area contributed by atoms with Gasteiger partial charge in [0.1, 0.15) is 0 Å². The van der Waals surface area contributed by atoms with Crippen LogP contribution in [0, 0.1) is 0 Å². The molecular weight excluding hydrogens is 179 g/mol. The van der Waals surface area contributed by atoms with Gasteiger partial charge in [0.15, 0.2) is 0 Å². The fourth-order valence-corrected chi connectivity index (χ4v) is 0. The number of rotatable bonds is 1. The Bertz CT molecular complexity index is 80.1. The van der Waals surface area contributed by atoms with Crippen molar-refractivity contribution in [1.29, 1.82) is 0 Å². The smallest absolute Gasteiger partial charge is 0.549 e. The van der Waals surface area contributed by atoms with Crippen molar-refractivity contribution in [3.63, 3.8) is 0 Å². The molecule has 0 atom stereocenters. The molecule has 0 unspecified atom stereocenters. The third kappa shape index (κ3) is 59.4. The summed E-state index contributed by atoms with van der Waals surface area (Å²) < 4.78 is 0. The normalized spacial score (nSPS) is 9.91. The van der Waals surface area contributed by atoms with E-state index in [9.17, 15) is 0 Å². The van der Waals surface area contributed by atoms with Crippen molar-refractivity contribution < 1.29 is 39.5 Å². The Labute approximate surface area is 94.1 Å². The van der Waals surface area contributed by atoms with Crippen molar-refractivity contribution in [2.24, 2.45) is 0 Å². The van der Waals surface area contributed by atoms with E-state index in [4.69, 9.17) is 9.90 Å². The average molecular weight is 193 g/mol. The molecular formula is C5H14ClN2NaO2. The summed E-state index contributed by atoms with van der Waals surface area (Å²) >= 11 is 4.67. The van der Waals surface area contributed by atoms with Crippen LogP contribution in [0.15, 0.2) is 0 Å². The van der Waals surface area contributed by atoms with Crippen molar-refractivity contribution in [2.45, 2.75) is 19.3 Å². The van der Waals surface area contributed by atoms with Crippen molar-refractivity contribution >= 4 is 17.6 Å². The number of carboxylic acid groups (broad SMARTS) is 1. The van der Waals surface area contributed by atoms with Crippen LogP contribution in [0.1, 0.15) is 19.3 Å². The second-order valence-electron chi connectivity index (χ2n) is 1.57. The van der Waals surface area contributed by atoms with Crippen LogP contribution in [-0.4, -0.2) is 11.8 Å². The molecule has 0 aliphatic heterocycles. The van der Waals surface area contributed by atoms with Gasteiger partial charge < -0.3 is 22.2 Å². The van der Waals surface area contributed by atoms with Gasteiger partial charge in [-0.3, -0.25) is 0 Å². The van der Waals surface area contributed by atoms with E-state index in [-0.39, 0.29) is 41.9 Å². The molecule has 0 aromatic carbocycles. The zero-order valence-corrected chi connectivity index (χ0v) is 9.69. The molecule has 0 aromatic rings. The Morgan fingerprint density at radius 3 is 1.45 bits per heavy atom. The van der Waals surface area contributed by atoms with Crippen LogP contribution in [0.5, 0.6) is 0 Å². The summed E-state index contributed by atoms with van der Waals surface area (Å²) in [6.07, 6.45) is 4.50. The molecule has 1 aliphatic carbocycles. The largest absolute Gasteiger partial charge is 1.00 e. The molecule has 64 valence electrons. The zero-order valence-electron chi connectivity index (χ0n) is 6.94. The van der Waals surface area contributed by atoms with Gasteiger partial charge in [0, 0.05) is 0 Å². The molecule has 11 heavy (non-hydrogen) atoms. The van der Waals surface area contributed by atoms with Crippen LogP contribution in [0.25, 0.3) is 0 Å². The predicted molar refractivity (Wildman–Crippen MR) is 39.6 cm³/mol. The summed E-state index contributed by atoms with van der Waals surface area (Å²) in [5, 5.41) is 9.12. The Morgan fingerprint density at radius 1 is 1.27 bits per heavy atom. The van der Waals surface area contributed by atoms with Gasteiger partial charge in [-0.2, -0.15) is 0 Å². The second kappa shape index (κ2) is 17.0. The van der Waals surface area contributed by atoms with Gasteiger partial charge in [-0.05, 0) is 0 Å². The number of carboxylic acids is 1. The molecule has 1 fully saturated rings. The average Bonchev–Trinajstić information content (AvgIpc) is 2.48. The summed E-state index contributed by atoms with van der Waals surface area (Å²) in [6.45, 7) is 0. The minimum absolute atomic E-state index is 0. The van der Waals surface area contributed by atoms with Crippen LogP contribution < -0.4 is 47.0 Å². The van der Waals surface area contributed by atoms with E-state index in [1.807, 2.05) is 0 Å². The van der Waals surface area contributed by atoms with Crippen LogP contribution in [0.4, 0.5) is 0 Å². The molecule has 6 N–H and O–H groups in total. The molecule has 1 rings (SSSR count). The van der Waals surface area contributed by atoms with Crippen LogP contribution >= 0.6 is 11.6 Å². The van der Waals surface area contributed by atoms with Gasteiger partial charge in [0.25, 0.3) is 0 Å². The third-order valence-electron chi connectivity index (χ3n) is 0.463. The van der Waals surface area contributed by atoms with Crippen molar-refractivity contribution in [3.8, 4) is 0 Å². The number of aliphatic carboxylic acids is 1. The third-order valence-corrected chi connectivity index (χ3v) is 0.681. The van der Waals surface area contributed by atoms with E-state index >= 15 is 0 Å². The molecule has 4 nitrogen and oxygen atoms in total. The fraction of sp³-hybridized carbons (Fsp3) is 0.800. The monoisotopic (exact) mass is 192 g/mol. The van der Waals surface area contributed by atoms with E-state index in [1.165, 1.54) is 19.3 Å². The minimum Gasteiger partial charge on any atom is -0.549 e. The van der Waals surface area contributed by atoms with E-state index in [2.05, 4.69) is 11.6 Å². The van der Waals surface area contributed by atoms with E-state index in [0.29, 0.717) is 0 Å². The first-order valence-electron chi connectivity index (χ1n) is 2.53. The maximum Gasteiger partial charge on any atom is 1.00 e. The summed E-state index contributed by atoms with van der Waals surface area (Å²) in [4.78, 5) is 9.12. The molecule has 1 aliphatic rings. The molecule has 0 heterocycles. The Kier molecular flexibility index (Phi) is 34.8. The standard InChI is InChI=1S/C3H6.C2H3ClO2.2H3N.Na/c1-2-3-1;3-1-2(4)5;;;/h1-3H2;1H2,(H,4,5);2*1H3;/q;;;;+1/p-1. The first-order valence-corrected chi connectivity index (χ1v) is 3.06. The van der Waals surface area contributed by atoms with E-state index in [0.717, 1.165) is 0 Å². The summed E-state index contributed by atoms with van der Waals surface area (Å²) in [5.74, 6) is -1.65. The van der Waals surface area contributed by atoms with E-state index < -0.39 is 11.8 Å². The Balaban J connectivity index is -0.0000000365. The van der Waals surface area contributed by atoms with Gasteiger partial charge in [0.2, 0.25) is 0 Å². The maximum atomic E-state index is 9.12. The maximum absolute atomic E-state index is 9.12. The zero-order chi connectivity index (χ0) is 6.41. The fourth-order valence-electron chi connectivity index (χ4n) is 0. The summed E-state index contributed by atoms with van der Waals surface area (Å²) in [7, 11) is 0. The van der Waals surface area contributed by atoms with Gasteiger partial charge in [-0.1, -0.05) is 19.3 Å². The molecule has 0 bridgehead atoms. The number of alkyl halides is 1. The first-order chi connectivity index (χ1) is 3.77. The SMILES string of the molecule is C1CC1.N.N.O=C([O-])CCl.[Na+]. The minimum atomic E-state index is -1.23. The van der Waals surface area contributed by atoms with Crippen LogP contribution in [-0.2, 0) is 4.79 Å². The van der Waals surface area contributed by atoms with Gasteiger partial charge >= 0.3 is 29.6 Å². The number of hydrogen-bond acceptors (Lipinski definition) is 4. The number of halogens is 1. The number of carbonyl (C=O) groups excluding carboxylic acids is 1. The molecule has 1 saturated carbocycles. The summed E-state index contributed by atoms with van der Waals surface area (Å²) in [6, 6.07) is 0. The van der Waals surface area contributed by atoms with Gasteiger partial charge in [0.05, 0.1) is 11.8 Å². The molecule has 6 heteroatoms. The molecule has 0 saturated heterocycles. The van der Waals surface area contributed by atoms with Gasteiger partial charge in [-0.25, -0.2) is 0 Å². The summed E-state index contributed by atoms with van der Waals surface area (Å²) in [5.41, 5.74) is 0. The molecule has 0 aromatic heterocycles. The number of carbonyl (C=O) groups is 1. The number of hydrogen-bond donors (Lipinski definition) is 2. The quantitative estimate of drug-likeness (QED) is 0.353. The molecule has 0 spiro atoms. The van der Waals surface area contributed by atoms with Crippen LogP contribution in [0.2, 0.25) is 0 Å². The topological polar surface area (TPSA) is 110 Å². The molecule has 0 amide bonds. The van der Waals surface area contributed by atoms with E-state index in [1.54, 1.807) is 0 Å². The van der Waals surface area contributed by atoms with Crippen LogP contribution in [0.3, 0.4) is 0 Å². The van der Waals surface area contributed by atoms with Crippen molar-refractivity contribution in [2.75, 3.05) is 5.88 Å². The predicted octanol–water partition coefficient (Wildman–Crippen LogP) is -2.53. The Morgan fingerprint density at radius 2 is 1.45 bits per heavy atom. The van der Waals surface area contributed by atoms with Crippen molar-refractivity contribution in [1.82, 2.24) is 12.3 Å². The first kappa shape index (κ1) is 22.6. The van der Waals surface area contributed by atoms with Crippen molar-refractivity contribution in [3.05, 3.63) is 0 Å². The molecule has 0 radical (unpaired) electrons. The van der Waals surface area contributed by atoms with Gasteiger partial charge in [-0.15, -0.1) is 11.6 Å².